The van der Waals surface area contributed by atoms with E-state index in [1.807, 2.05) is 103 Å². The molecule has 2 aliphatic rings. The van der Waals surface area contributed by atoms with Gasteiger partial charge in [-0.25, -0.2) is 4.98 Å². The highest BCUT2D eigenvalue weighted by Gasteiger charge is 2.36. The number of benzene rings is 12. The molecule has 12 aromatic carbocycles. The lowest BCUT2D eigenvalue weighted by Gasteiger charge is -2.38. The maximum atomic E-state index is 7.21. The van der Waals surface area contributed by atoms with Crippen molar-refractivity contribution in [1.29, 1.82) is 0 Å². The fraction of sp³-hybridized carbons (Fsp3) is 0. The first-order valence-corrected chi connectivity index (χ1v) is 27.4. The average Bonchev–Trinajstić information content (AvgIpc) is 2.75. The van der Waals surface area contributed by atoms with Crippen molar-refractivity contribution in [1.82, 2.24) is 19.5 Å². The van der Waals surface area contributed by atoms with Gasteiger partial charge < -0.3 is 18.3 Å². The number of hydrogen-bond donors (Lipinski definition) is 0. The molecule has 0 fully saturated rings. The summed E-state index contributed by atoms with van der Waals surface area (Å²) in [6.45, 7) is 0. The number of aromatic nitrogens is 4. The second kappa shape index (κ2) is 17.1. The van der Waals surface area contributed by atoms with Crippen molar-refractivity contribution in [2.24, 2.45) is 0 Å². The Balaban J connectivity index is 0.821. The highest BCUT2D eigenvalue weighted by Crippen LogP contribution is 2.62. The largest absolute Gasteiger partial charge is 0.456 e. The molecule has 0 radical (unpaired) electrons. The zero-order chi connectivity index (χ0) is 53.6. The summed E-state index contributed by atoms with van der Waals surface area (Å²) in [4.78, 5) is 17.8. The minimum absolute atomic E-state index is 0.539. The zero-order valence-electron chi connectivity index (χ0n) is 43.5. The topological polar surface area (TPSA) is 91.6 Å². The van der Waals surface area contributed by atoms with Crippen LogP contribution in [0.15, 0.2) is 258 Å². The number of fused-ring (bicyclic) bond motifs is 15. The third-order valence-electron chi connectivity index (χ3n) is 16.4. The predicted octanol–water partition coefficient (Wildman–Crippen LogP) is 19.9. The summed E-state index contributed by atoms with van der Waals surface area (Å²) < 4.78 is 29.3. The normalized spacial score (nSPS) is 12.6. The minimum atomic E-state index is 0.539. The van der Waals surface area contributed by atoms with E-state index in [0.717, 1.165) is 144 Å². The zero-order valence-corrected chi connectivity index (χ0v) is 43.5. The molecule has 0 N–H and O–H groups in total. The third-order valence-corrected chi connectivity index (χ3v) is 16.4. The highest BCUT2D eigenvalue weighted by molar-refractivity contribution is 6.22. The number of anilines is 3. The molecule has 0 spiro atoms. The molecule has 6 heterocycles. The molecule has 0 saturated heterocycles. The molecule has 382 valence electrons. The third kappa shape index (κ3) is 6.65. The maximum Gasteiger partial charge on any atom is 0.238 e. The van der Waals surface area contributed by atoms with Crippen molar-refractivity contribution in [2.45, 2.75) is 0 Å². The smallest absolute Gasteiger partial charge is 0.238 e. The van der Waals surface area contributed by atoms with Crippen LogP contribution in [0.2, 0.25) is 0 Å². The van der Waals surface area contributed by atoms with Gasteiger partial charge in [-0.1, -0.05) is 170 Å². The lowest BCUT2D eigenvalue weighted by molar-refractivity contribution is 0.446. The number of furan rings is 2. The Hall–Kier alpha value is -11.3. The van der Waals surface area contributed by atoms with Gasteiger partial charge in [0.2, 0.25) is 5.95 Å². The predicted molar refractivity (Wildman–Crippen MR) is 328 cm³/mol. The highest BCUT2D eigenvalue weighted by atomic mass is 16.5. The van der Waals surface area contributed by atoms with E-state index in [-0.39, 0.29) is 0 Å². The lowest BCUT2D eigenvalue weighted by atomic mass is 9.95. The molecule has 18 rings (SSSR count). The summed E-state index contributed by atoms with van der Waals surface area (Å²) in [6.07, 6.45) is 0. The van der Waals surface area contributed by atoms with Crippen molar-refractivity contribution in [3.8, 4) is 85.1 Å². The van der Waals surface area contributed by atoms with Gasteiger partial charge in [-0.3, -0.25) is 9.47 Å². The van der Waals surface area contributed by atoms with Crippen molar-refractivity contribution >= 4 is 93.5 Å². The SMILES string of the molecule is c1ccc(-c2nc(-c3ccccc3)nc(-n3c4ccc(-c5ccc6c(c5)Oc5cc(-c7cccc8oc9ccccc9c78)cc7c5N6c5ccc(-c6cccc8oc9ccccc9c68)cc5O7)cc4c4c5ccccc5ccc43)n2)cc1. The fourth-order valence-corrected chi connectivity index (χ4v) is 12.7. The van der Waals surface area contributed by atoms with Crippen LogP contribution in [-0.2, 0) is 0 Å². The summed E-state index contributed by atoms with van der Waals surface area (Å²) >= 11 is 0. The molecule has 0 amide bonds. The minimum Gasteiger partial charge on any atom is -0.456 e. The number of hydrogen-bond acceptors (Lipinski definition) is 8. The van der Waals surface area contributed by atoms with Gasteiger partial charge in [-0.05, 0) is 123 Å². The fourth-order valence-electron chi connectivity index (χ4n) is 12.7. The molecule has 0 unspecified atom stereocenters. The van der Waals surface area contributed by atoms with Crippen molar-refractivity contribution in [3.63, 3.8) is 0 Å². The molecule has 0 bridgehead atoms. The molecule has 9 nitrogen and oxygen atoms in total. The summed E-state index contributed by atoms with van der Waals surface area (Å²) in [5.74, 6) is 4.54. The van der Waals surface area contributed by atoms with Crippen LogP contribution in [-0.4, -0.2) is 19.5 Å². The van der Waals surface area contributed by atoms with Crippen LogP contribution in [0.3, 0.4) is 0 Å². The average molecular weight is 1050 g/mol. The molecule has 16 aromatic rings. The number of rotatable bonds is 6. The van der Waals surface area contributed by atoms with Crippen molar-refractivity contribution in [2.75, 3.05) is 4.90 Å². The van der Waals surface area contributed by atoms with E-state index in [4.69, 9.17) is 33.3 Å². The summed E-state index contributed by atoms with van der Waals surface area (Å²) in [5, 5.41) is 8.69. The number of ether oxygens (including phenoxy) is 2. The molecular formula is C73H41N5O4. The molecule has 82 heavy (non-hydrogen) atoms. The van der Waals surface area contributed by atoms with E-state index in [0.29, 0.717) is 34.8 Å². The quantitative estimate of drug-likeness (QED) is 0.163. The Morgan fingerprint density at radius 3 is 1.45 bits per heavy atom. The van der Waals surface area contributed by atoms with E-state index < -0.39 is 0 Å². The van der Waals surface area contributed by atoms with Gasteiger partial charge in [-0.2, -0.15) is 9.97 Å². The Bertz CT molecular complexity index is 5310. The van der Waals surface area contributed by atoms with Crippen LogP contribution >= 0.6 is 0 Å². The first-order chi connectivity index (χ1) is 40.6. The summed E-state index contributed by atoms with van der Waals surface area (Å²) in [6, 6.07) is 86.1. The van der Waals surface area contributed by atoms with Crippen LogP contribution in [0.4, 0.5) is 17.1 Å². The molecule has 9 heteroatoms. The van der Waals surface area contributed by atoms with Gasteiger partial charge in [0.1, 0.15) is 28.0 Å². The van der Waals surface area contributed by atoms with Gasteiger partial charge in [0.15, 0.2) is 34.6 Å². The maximum absolute atomic E-state index is 7.21. The second-order valence-corrected chi connectivity index (χ2v) is 21.0. The number of para-hydroxylation sites is 2. The van der Waals surface area contributed by atoms with Crippen LogP contribution < -0.4 is 14.4 Å². The van der Waals surface area contributed by atoms with Crippen LogP contribution in [0.1, 0.15) is 0 Å². The van der Waals surface area contributed by atoms with E-state index in [9.17, 15) is 0 Å². The van der Waals surface area contributed by atoms with E-state index in [1.165, 1.54) is 0 Å². The monoisotopic (exact) mass is 1050 g/mol. The Labute approximate surface area is 467 Å². The molecule has 2 aliphatic heterocycles. The molecule has 0 atom stereocenters. The molecule has 4 aromatic heterocycles. The van der Waals surface area contributed by atoms with E-state index >= 15 is 0 Å². The van der Waals surface area contributed by atoms with Crippen LogP contribution in [0.25, 0.3) is 139 Å². The van der Waals surface area contributed by atoms with Crippen LogP contribution in [0.5, 0.6) is 23.0 Å². The standard InChI is InChI=1S/C73H41N5O4/c1-3-16-43(17-4-1)71-74-72(44-18-5-2-6-19-44)76-73(75-71)78-55-33-30-45(37-54(55)67-49-20-8-7-15-42(49)29-36-58(67)78)46-31-34-56-63(38-46)81-65-40-48(51-24-14-28-62-69(51)53-22-10-12-26-60(53)80-62)41-66-70(65)77(56)57-35-32-47(39-64(57)82-66)50-23-13-27-61-68(50)52-21-9-11-25-59(52)79-61/h1-41H. The summed E-state index contributed by atoms with van der Waals surface area (Å²) in [5.41, 5.74) is 15.8. The van der Waals surface area contributed by atoms with Gasteiger partial charge >= 0.3 is 0 Å². The lowest BCUT2D eigenvalue weighted by Crippen LogP contribution is -2.20. The molecule has 0 saturated carbocycles. The first kappa shape index (κ1) is 44.7. The van der Waals surface area contributed by atoms with Crippen molar-refractivity contribution in [3.05, 3.63) is 249 Å². The second-order valence-electron chi connectivity index (χ2n) is 21.0. The molecule has 0 aliphatic carbocycles. The van der Waals surface area contributed by atoms with Gasteiger partial charge in [-0.15, -0.1) is 0 Å². The van der Waals surface area contributed by atoms with Gasteiger partial charge in [0.05, 0.1) is 22.4 Å². The van der Waals surface area contributed by atoms with Crippen LogP contribution in [0, 0.1) is 0 Å². The van der Waals surface area contributed by atoms with E-state index in [2.05, 4.69) is 155 Å². The Morgan fingerprint density at radius 1 is 0.305 bits per heavy atom. The van der Waals surface area contributed by atoms with E-state index in [1.54, 1.807) is 0 Å². The molecular weight excluding hydrogens is 1010 g/mol. The summed E-state index contributed by atoms with van der Waals surface area (Å²) in [7, 11) is 0. The Morgan fingerprint density at radius 2 is 0.805 bits per heavy atom. The first-order valence-electron chi connectivity index (χ1n) is 27.4. The van der Waals surface area contributed by atoms with Gasteiger partial charge in [0.25, 0.3) is 0 Å². The Kier molecular flexibility index (Phi) is 9.32. The number of nitrogens with zero attached hydrogens (tertiary/aromatic N) is 5. The van der Waals surface area contributed by atoms with Gasteiger partial charge in [0, 0.05) is 43.4 Å². The van der Waals surface area contributed by atoms with Crippen molar-refractivity contribution < 1.29 is 18.3 Å².